The second kappa shape index (κ2) is 22.5. The van der Waals surface area contributed by atoms with Crippen molar-refractivity contribution in [1.82, 2.24) is 0 Å². The van der Waals surface area contributed by atoms with Gasteiger partial charge in [-0.05, 0) is 26.7 Å². The van der Waals surface area contributed by atoms with Crippen molar-refractivity contribution < 1.29 is 9.47 Å². The van der Waals surface area contributed by atoms with Crippen LogP contribution in [0.4, 0.5) is 0 Å². The Bertz CT molecular complexity index is 262. The van der Waals surface area contributed by atoms with Crippen molar-refractivity contribution in [3.8, 4) is 0 Å². The minimum atomic E-state index is 0. The van der Waals surface area contributed by atoms with Gasteiger partial charge in [0.05, 0.1) is 13.2 Å². The molecular formula is C18H38Cl2N2O2. The van der Waals surface area contributed by atoms with Crippen LogP contribution in [0, 0.1) is 10.8 Å². The van der Waals surface area contributed by atoms with Gasteiger partial charge >= 0.3 is 0 Å². The number of hydrogen-bond acceptors (Lipinski definition) is 4. The summed E-state index contributed by atoms with van der Waals surface area (Å²) < 4.78 is 10.2. The molecule has 0 saturated heterocycles. The Labute approximate surface area is 161 Å². The lowest BCUT2D eigenvalue weighted by Crippen LogP contribution is -2.02. The standard InChI is InChI=1S/C18H36N2O2.2ClH/c1-3-21-17(19)15-13-11-9-7-5-6-8-10-12-14-16-18(20)22-4-2;;/h19-20H,3-16H2,1-2H3;2*1H. The van der Waals surface area contributed by atoms with Gasteiger partial charge in [0.25, 0.3) is 0 Å². The molecule has 4 nitrogen and oxygen atoms in total. The summed E-state index contributed by atoms with van der Waals surface area (Å²) in [5, 5.41) is 15.0. The van der Waals surface area contributed by atoms with E-state index in [0.29, 0.717) is 25.0 Å². The number of halogens is 2. The van der Waals surface area contributed by atoms with E-state index in [-0.39, 0.29) is 24.8 Å². The highest BCUT2D eigenvalue weighted by Gasteiger charge is 1.98. The molecule has 0 fully saturated rings. The van der Waals surface area contributed by atoms with Gasteiger partial charge in [0.1, 0.15) is 0 Å². The maximum atomic E-state index is 7.52. The summed E-state index contributed by atoms with van der Waals surface area (Å²) in [6, 6.07) is 0. The summed E-state index contributed by atoms with van der Waals surface area (Å²) in [4.78, 5) is 0. The molecule has 6 heteroatoms. The first-order valence-electron chi connectivity index (χ1n) is 9.11. The zero-order chi connectivity index (χ0) is 16.5. The molecule has 0 bridgehead atoms. The third-order valence-electron chi connectivity index (χ3n) is 3.69. The van der Waals surface area contributed by atoms with Gasteiger partial charge in [0, 0.05) is 12.8 Å². The number of rotatable bonds is 15. The molecule has 0 saturated carbocycles. The van der Waals surface area contributed by atoms with Crippen LogP contribution in [0.15, 0.2) is 0 Å². The molecular weight excluding hydrogens is 347 g/mol. The summed E-state index contributed by atoms with van der Waals surface area (Å²) in [6.07, 6.45) is 14.1. The van der Waals surface area contributed by atoms with Gasteiger partial charge in [0.15, 0.2) is 11.8 Å². The van der Waals surface area contributed by atoms with Gasteiger partial charge in [0.2, 0.25) is 0 Å². The monoisotopic (exact) mass is 384 g/mol. The minimum Gasteiger partial charge on any atom is -0.481 e. The largest absolute Gasteiger partial charge is 0.481 e. The van der Waals surface area contributed by atoms with Crippen LogP contribution >= 0.6 is 24.8 Å². The number of hydrogen-bond donors (Lipinski definition) is 2. The number of unbranched alkanes of at least 4 members (excludes halogenated alkanes) is 9. The first-order valence-corrected chi connectivity index (χ1v) is 9.11. The smallest absolute Gasteiger partial charge is 0.180 e. The molecule has 0 aliphatic carbocycles. The van der Waals surface area contributed by atoms with E-state index < -0.39 is 0 Å². The lowest BCUT2D eigenvalue weighted by atomic mass is 10.1. The van der Waals surface area contributed by atoms with Crippen molar-refractivity contribution in [3.63, 3.8) is 0 Å². The average Bonchev–Trinajstić information content (AvgIpc) is 2.49. The molecule has 0 amide bonds. The molecule has 0 spiro atoms. The highest BCUT2D eigenvalue weighted by molar-refractivity contribution is 5.85. The van der Waals surface area contributed by atoms with Crippen molar-refractivity contribution in [2.45, 2.75) is 90.9 Å². The van der Waals surface area contributed by atoms with E-state index in [1.165, 1.54) is 51.4 Å². The Balaban J connectivity index is -0.00000220. The fraction of sp³-hybridized carbons (Fsp3) is 0.889. The average molecular weight is 385 g/mol. The van der Waals surface area contributed by atoms with E-state index in [4.69, 9.17) is 20.3 Å². The molecule has 24 heavy (non-hydrogen) atoms. The topological polar surface area (TPSA) is 66.2 Å². The summed E-state index contributed by atoms with van der Waals surface area (Å²) in [7, 11) is 0. The van der Waals surface area contributed by atoms with Gasteiger partial charge in [-0.2, -0.15) is 0 Å². The van der Waals surface area contributed by atoms with Crippen molar-refractivity contribution in [1.29, 1.82) is 10.8 Å². The van der Waals surface area contributed by atoms with E-state index in [9.17, 15) is 0 Å². The van der Waals surface area contributed by atoms with Gasteiger partial charge in [-0.1, -0.05) is 51.4 Å². The van der Waals surface area contributed by atoms with Crippen LogP contribution in [0.1, 0.15) is 90.9 Å². The molecule has 0 aromatic rings. The Kier molecular flexibility index (Phi) is 26.6. The van der Waals surface area contributed by atoms with Gasteiger partial charge in [-0.3, -0.25) is 10.8 Å². The predicted molar refractivity (Wildman–Crippen MR) is 109 cm³/mol. The van der Waals surface area contributed by atoms with E-state index in [0.717, 1.165) is 25.7 Å². The second-order valence-corrected chi connectivity index (χ2v) is 5.75. The lowest BCUT2D eigenvalue weighted by Gasteiger charge is -2.05. The van der Waals surface area contributed by atoms with Crippen LogP contribution in [0.3, 0.4) is 0 Å². The molecule has 0 aliphatic rings. The van der Waals surface area contributed by atoms with Gasteiger partial charge < -0.3 is 9.47 Å². The van der Waals surface area contributed by atoms with Gasteiger partial charge in [-0.25, -0.2) is 0 Å². The maximum Gasteiger partial charge on any atom is 0.180 e. The summed E-state index contributed by atoms with van der Waals surface area (Å²) in [5.41, 5.74) is 0. The maximum absolute atomic E-state index is 7.52. The molecule has 0 rings (SSSR count). The van der Waals surface area contributed by atoms with Crippen molar-refractivity contribution in [2.75, 3.05) is 13.2 Å². The van der Waals surface area contributed by atoms with Crippen LogP contribution in [0.5, 0.6) is 0 Å². The quantitative estimate of drug-likeness (QED) is 0.191. The van der Waals surface area contributed by atoms with Crippen LogP contribution in [-0.4, -0.2) is 25.0 Å². The SMILES string of the molecule is CCOC(=N)CCCCCCCCCCCCC(=N)OCC.Cl.Cl. The summed E-state index contributed by atoms with van der Waals surface area (Å²) >= 11 is 0. The first kappa shape index (κ1) is 28.3. The third kappa shape index (κ3) is 21.5. The van der Waals surface area contributed by atoms with E-state index >= 15 is 0 Å². The third-order valence-corrected chi connectivity index (χ3v) is 3.69. The van der Waals surface area contributed by atoms with E-state index in [1.54, 1.807) is 0 Å². The summed E-state index contributed by atoms with van der Waals surface area (Å²) in [5.74, 6) is 0.889. The van der Waals surface area contributed by atoms with Crippen LogP contribution in [0.25, 0.3) is 0 Å². The van der Waals surface area contributed by atoms with Crippen LogP contribution in [0.2, 0.25) is 0 Å². The zero-order valence-electron chi connectivity index (χ0n) is 15.5. The number of ether oxygens (including phenoxy) is 2. The Hall–Kier alpha value is -0.480. The Morgan fingerprint density at radius 3 is 1.04 bits per heavy atom. The number of nitrogens with one attached hydrogen (secondary N) is 2. The molecule has 0 heterocycles. The molecule has 0 aliphatic heterocycles. The van der Waals surface area contributed by atoms with Crippen molar-refractivity contribution in [3.05, 3.63) is 0 Å². The Morgan fingerprint density at radius 2 is 0.792 bits per heavy atom. The fourth-order valence-corrected chi connectivity index (χ4v) is 2.48. The van der Waals surface area contributed by atoms with Crippen LogP contribution in [-0.2, 0) is 9.47 Å². The highest BCUT2D eigenvalue weighted by Crippen LogP contribution is 2.12. The van der Waals surface area contributed by atoms with Crippen molar-refractivity contribution in [2.24, 2.45) is 0 Å². The van der Waals surface area contributed by atoms with Crippen LogP contribution < -0.4 is 0 Å². The Morgan fingerprint density at radius 1 is 0.542 bits per heavy atom. The van der Waals surface area contributed by atoms with Gasteiger partial charge in [-0.15, -0.1) is 24.8 Å². The second-order valence-electron chi connectivity index (χ2n) is 5.75. The fourth-order valence-electron chi connectivity index (χ4n) is 2.48. The highest BCUT2D eigenvalue weighted by atomic mass is 35.5. The van der Waals surface area contributed by atoms with Crippen molar-refractivity contribution >= 4 is 36.6 Å². The molecule has 2 N–H and O–H groups in total. The first-order chi connectivity index (χ1) is 10.7. The van der Waals surface area contributed by atoms with E-state index in [2.05, 4.69) is 0 Å². The normalized spacial score (nSPS) is 9.58. The minimum absolute atomic E-state index is 0. The molecule has 146 valence electrons. The molecule has 0 atom stereocenters. The molecule has 0 aromatic heterocycles. The molecule has 0 aromatic carbocycles. The molecule has 0 radical (unpaired) electrons. The summed E-state index contributed by atoms with van der Waals surface area (Å²) in [6.45, 7) is 5.09. The zero-order valence-corrected chi connectivity index (χ0v) is 17.2. The molecule has 0 unspecified atom stereocenters. The predicted octanol–water partition coefficient (Wildman–Crippen LogP) is 6.54. The van der Waals surface area contributed by atoms with E-state index in [1.807, 2.05) is 13.8 Å². The lowest BCUT2D eigenvalue weighted by molar-refractivity contribution is 0.311.